The van der Waals surface area contributed by atoms with Gasteiger partial charge in [-0.15, -0.1) is 0 Å². The van der Waals surface area contributed by atoms with Crippen molar-refractivity contribution in [2.75, 3.05) is 7.05 Å². The number of hydrogen-bond acceptors (Lipinski definition) is 3. The number of carbonyl (C=O) groups is 1. The van der Waals surface area contributed by atoms with Crippen molar-refractivity contribution >= 4 is 17.2 Å². The van der Waals surface area contributed by atoms with Gasteiger partial charge in [0.25, 0.3) is 0 Å². The summed E-state index contributed by atoms with van der Waals surface area (Å²) in [6, 6.07) is -0.131. The smallest absolute Gasteiger partial charge is 0.237 e. The molecule has 0 aliphatic heterocycles. The number of amides is 1. The number of likely N-dealkylation sites (N-methyl/N-ethyl adjacent to an activating group) is 1. The van der Waals surface area contributed by atoms with Crippen molar-refractivity contribution in [3.05, 3.63) is 21.9 Å². The summed E-state index contributed by atoms with van der Waals surface area (Å²) in [5.74, 6) is 0.0399. The second-order valence-electron chi connectivity index (χ2n) is 3.31. The van der Waals surface area contributed by atoms with E-state index < -0.39 is 0 Å². The Bertz CT molecular complexity index is 309. The first kappa shape index (κ1) is 11.2. The zero-order valence-electron chi connectivity index (χ0n) is 8.76. The molecule has 0 spiro atoms. The Hall–Kier alpha value is -0.870. The topological polar surface area (TPSA) is 41.1 Å². The van der Waals surface area contributed by atoms with Crippen LogP contribution < -0.4 is 10.6 Å². The van der Waals surface area contributed by atoms with Crippen molar-refractivity contribution in [1.29, 1.82) is 0 Å². The molecule has 0 bridgehead atoms. The minimum atomic E-state index is -0.131. The van der Waals surface area contributed by atoms with Gasteiger partial charge < -0.3 is 10.6 Å². The SMILES string of the molecule is CNC(C)C(=O)NCc1cscc1C. The molecular weight excluding hydrogens is 196 g/mol. The number of aryl methyl sites for hydroxylation is 1. The maximum atomic E-state index is 11.4. The summed E-state index contributed by atoms with van der Waals surface area (Å²) in [7, 11) is 1.78. The van der Waals surface area contributed by atoms with E-state index in [2.05, 4.69) is 28.3 Å². The van der Waals surface area contributed by atoms with Crippen LogP contribution in [-0.2, 0) is 11.3 Å². The Morgan fingerprint density at radius 2 is 2.29 bits per heavy atom. The molecule has 0 aliphatic carbocycles. The average molecular weight is 212 g/mol. The first-order valence-electron chi connectivity index (χ1n) is 4.61. The third kappa shape index (κ3) is 2.82. The van der Waals surface area contributed by atoms with Crippen LogP contribution in [0.3, 0.4) is 0 Å². The van der Waals surface area contributed by atoms with E-state index in [0.29, 0.717) is 6.54 Å². The van der Waals surface area contributed by atoms with Crippen LogP contribution in [0.25, 0.3) is 0 Å². The lowest BCUT2D eigenvalue weighted by Gasteiger charge is -2.10. The Labute approximate surface area is 88.5 Å². The number of thiophene rings is 1. The van der Waals surface area contributed by atoms with Crippen LogP contribution in [0.5, 0.6) is 0 Å². The van der Waals surface area contributed by atoms with Crippen LogP contribution in [0.2, 0.25) is 0 Å². The molecule has 0 radical (unpaired) electrons. The maximum Gasteiger partial charge on any atom is 0.237 e. The van der Waals surface area contributed by atoms with E-state index in [1.54, 1.807) is 18.4 Å². The monoisotopic (exact) mass is 212 g/mol. The van der Waals surface area contributed by atoms with Gasteiger partial charge in [0.1, 0.15) is 0 Å². The molecule has 1 aromatic rings. The van der Waals surface area contributed by atoms with E-state index in [1.165, 1.54) is 11.1 Å². The second-order valence-corrected chi connectivity index (χ2v) is 4.05. The maximum absolute atomic E-state index is 11.4. The zero-order valence-corrected chi connectivity index (χ0v) is 9.57. The van der Waals surface area contributed by atoms with Crippen LogP contribution in [-0.4, -0.2) is 19.0 Å². The van der Waals surface area contributed by atoms with Gasteiger partial charge in [-0.25, -0.2) is 0 Å². The van der Waals surface area contributed by atoms with E-state index in [4.69, 9.17) is 0 Å². The zero-order chi connectivity index (χ0) is 10.6. The molecule has 14 heavy (non-hydrogen) atoms. The van der Waals surface area contributed by atoms with Crippen LogP contribution in [0.15, 0.2) is 10.8 Å². The van der Waals surface area contributed by atoms with E-state index in [9.17, 15) is 4.79 Å². The third-order valence-corrected chi connectivity index (χ3v) is 3.15. The summed E-state index contributed by atoms with van der Waals surface area (Å²) in [6.07, 6.45) is 0. The molecule has 1 atom stereocenters. The van der Waals surface area contributed by atoms with Crippen molar-refractivity contribution in [3.63, 3.8) is 0 Å². The van der Waals surface area contributed by atoms with Crippen molar-refractivity contribution < 1.29 is 4.79 Å². The summed E-state index contributed by atoms with van der Waals surface area (Å²) in [4.78, 5) is 11.4. The highest BCUT2D eigenvalue weighted by Gasteiger charge is 2.09. The predicted molar refractivity (Wildman–Crippen MR) is 59.4 cm³/mol. The molecule has 0 aromatic carbocycles. The lowest BCUT2D eigenvalue weighted by molar-refractivity contribution is -0.122. The van der Waals surface area contributed by atoms with Gasteiger partial charge in [0.2, 0.25) is 5.91 Å². The van der Waals surface area contributed by atoms with E-state index >= 15 is 0 Å². The molecule has 78 valence electrons. The van der Waals surface area contributed by atoms with Crippen LogP contribution >= 0.6 is 11.3 Å². The summed E-state index contributed by atoms with van der Waals surface area (Å²) in [5, 5.41) is 9.94. The van der Waals surface area contributed by atoms with E-state index in [1.807, 2.05) is 6.92 Å². The van der Waals surface area contributed by atoms with Gasteiger partial charge in [-0.05, 0) is 42.8 Å². The molecule has 0 aliphatic rings. The molecule has 4 heteroatoms. The molecule has 0 saturated carbocycles. The quantitative estimate of drug-likeness (QED) is 0.789. The van der Waals surface area contributed by atoms with E-state index in [-0.39, 0.29) is 11.9 Å². The minimum absolute atomic E-state index is 0.0399. The number of carbonyl (C=O) groups excluding carboxylic acids is 1. The number of rotatable bonds is 4. The highest BCUT2D eigenvalue weighted by Crippen LogP contribution is 2.12. The highest BCUT2D eigenvalue weighted by atomic mass is 32.1. The normalized spacial score (nSPS) is 12.5. The van der Waals surface area contributed by atoms with Gasteiger partial charge in [0, 0.05) is 6.54 Å². The molecule has 1 aromatic heterocycles. The Morgan fingerprint density at radius 1 is 1.57 bits per heavy atom. The predicted octanol–water partition coefficient (Wildman–Crippen LogP) is 1.28. The molecule has 0 saturated heterocycles. The summed E-state index contributed by atoms with van der Waals surface area (Å²) in [5.41, 5.74) is 2.44. The number of hydrogen-bond donors (Lipinski definition) is 2. The van der Waals surface area contributed by atoms with Crippen LogP contribution in [0, 0.1) is 6.92 Å². The Morgan fingerprint density at radius 3 is 2.79 bits per heavy atom. The largest absolute Gasteiger partial charge is 0.351 e. The second kappa shape index (κ2) is 5.12. The Kier molecular flexibility index (Phi) is 4.10. The first-order valence-corrected chi connectivity index (χ1v) is 5.56. The lowest BCUT2D eigenvalue weighted by Crippen LogP contribution is -2.40. The molecule has 1 heterocycles. The third-order valence-electron chi connectivity index (χ3n) is 2.24. The van der Waals surface area contributed by atoms with Gasteiger partial charge in [-0.3, -0.25) is 4.79 Å². The minimum Gasteiger partial charge on any atom is -0.351 e. The van der Waals surface area contributed by atoms with Crippen molar-refractivity contribution in [2.45, 2.75) is 26.4 Å². The first-order chi connectivity index (χ1) is 6.65. The van der Waals surface area contributed by atoms with E-state index in [0.717, 1.165) is 0 Å². The summed E-state index contributed by atoms with van der Waals surface area (Å²) in [6.45, 7) is 4.52. The van der Waals surface area contributed by atoms with Crippen molar-refractivity contribution in [3.8, 4) is 0 Å². The van der Waals surface area contributed by atoms with Crippen LogP contribution in [0.1, 0.15) is 18.1 Å². The lowest BCUT2D eigenvalue weighted by atomic mass is 10.2. The molecule has 2 N–H and O–H groups in total. The summed E-state index contributed by atoms with van der Waals surface area (Å²) < 4.78 is 0. The fourth-order valence-corrected chi connectivity index (χ4v) is 1.89. The fourth-order valence-electron chi connectivity index (χ4n) is 1.03. The Balaban J connectivity index is 2.41. The van der Waals surface area contributed by atoms with Gasteiger partial charge in [0.05, 0.1) is 6.04 Å². The molecule has 3 nitrogen and oxygen atoms in total. The molecule has 1 amide bonds. The summed E-state index contributed by atoms with van der Waals surface area (Å²) >= 11 is 1.67. The standard InChI is InChI=1S/C10H16N2OS/c1-7-5-14-6-9(7)4-12-10(13)8(2)11-3/h5-6,8,11H,4H2,1-3H3,(H,12,13). The fraction of sp³-hybridized carbons (Fsp3) is 0.500. The van der Waals surface area contributed by atoms with Gasteiger partial charge in [-0.2, -0.15) is 11.3 Å². The highest BCUT2D eigenvalue weighted by molar-refractivity contribution is 7.08. The van der Waals surface area contributed by atoms with Crippen LogP contribution in [0.4, 0.5) is 0 Å². The number of nitrogens with one attached hydrogen (secondary N) is 2. The van der Waals surface area contributed by atoms with Gasteiger partial charge >= 0.3 is 0 Å². The van der Waals surface area contributed by atoms with Crippen molar-refractivity contribution in [1.82, 2.24) is 10.6 Å². The molecule has 1 unspecified atom stereocenters. The molecule has 0 fully saturated rings. The molecule has 1 rings (SSSR count). The van der Waals surface area contributed by atoms with Gasteiger partial charge in [0.15, 0.2) is 0 Å². The van der Waals surface area contributed by atoms with Gasteiger partial charge in [-0.1, -0.05) is 0 Å². The van der Waals surface area contributed by atoms with Crippen molar-refractivity contribution in [2.24, 2.45) is 0 Å². The average Bonchev–Trinajstić information content (AvgIpc) is 2.59. The molecular formula is C10H16N2OS.